The van der Waals surface area contributed by atoms with Crippen molar-refractivity contribution in [2.24, 2.45) is 0 Å². The van der Waals surface area contributed by atoms with E-state index in [1.807, 2.05) is 35.0 Å². The summed E-state index contributed by atoms with van der Waals surface area (Å²) in [5, 5.41) is 11.7. The van der Waals surface area contributed by atoms with Crippen LogP contribution in [-0.2, 0) is 6.54 Å². The first kappa shape index (κ1) is 22.3. The molecule has 1 fully saturated rings. The molecule has 0 radical (unpaired) electrons. The first-order chi connectivity index (χ1) is 17.7. The average molecular weight is 481 g/mol. The fraction of sp³-hybridized carbons (Fsp3) is 0.333. The second kappa shape index (κ2) is 9.49. The molecule has 1 saturated carbocycles. The average Bonchev–Trinajstić information content (AvgIpc) is 3.64. The van der Waals surface area contributed by atoms with Crippen molar-refractivity contribution in [2.75, 3.05) is 4.90 Å². The van der Waals surface area contributed by atoms with Crippen LogP contribution in [0.4, 0.5) is 5.82 Å². The predicted molar refractivity (Wildman–Crippen MR) is 136 cm³/mol. The number of carbonyl (C=O) groups excluding carboxylic acids is 1. The van der Waals surface area contributed by atoms with Crippen LogP contribution in [0.25, 0.3) is 17.1 Å². The summed E-state index contributed by atoms with van der Waals surface area (Å²) in [6, 6.07) is 11.6. The molecular formula is C27H28N8O. The lowest BCUT2D eigenvalue weighted by Crippen LogP contribution is -2.42. The van der Waals surface area contributed by atoms with Gasteiger partial charge in [0.2, 0.25) is 0 Å². The summed E-state index contributed by atoms with van der Waals surface area (Å²) in [7, 11) is 0. The number of hydrogen-bond acceptors (Lipinski definition) is 7. The summed E-state index contributed by atoms with van der Waals surface area (Å²) < 4.78 is 2.02. The van der Waals surface area contributed by atoms with Crippen LogP contribution in [0.2, 0.25) is 0 Å². The third-order valence-electron chi connectivity index (χ3n) is 7.19. The van der Waals surface area contributed by atoms with Gasteiger partial charge in [-0.25, -0.2) is 9.97 Å². The van der Waals surface area contributed by atoms with Gasteiger partial charge < -0.3 is 10.2 Å². The number of carbonyl (C=O) groups is 1. The molecule has 3 aromatic heterocycles. The lowest BCUT2D eigenvalue weighted by Gasteiger charge is -2.40. The highest BCUT2D eigenvalue weighted by Crippen LogP contribution is 2.43. The number of benzene rings is 1. The third kappa shape index (κ3) is 3.90. The SMILES string of the molecule is CCC1c2nncn2-c2cnc(-c3ccncc3CNC(=O)c3ccccc3)nc2N1C1CCCC1. The summed E-state index contributed by atoms with van der Waals surface area (Å²) in [5.74, 6) is 2.35. The number of fused-ring (bicyclic) bond motifs is 3. The molecule has 36 heavy (non-hydrogen) atoms. The Labute approximate surface area is 209 Å². The van der Waals surface area contributed by atoms with Gasteiger partial charge in [0.1, 0.15) is 12.0 Å². The lowest BCUT2D eigenvalue weighted by molar-refractivity contribution is 0.0951. The number of anilines is 1. The van der Waals surface area contributed by atoms with Gasteiger partial charge in [0.05, 0.1) is 12.2 Å². The summed E-state index contributed by atoms with van der Waals surface area (Å²) >= 11 is 0. The third-order valence-corrected chi connectivity index (χ3v) is 7.19. The molecule has 0 saturated heterocycles. The van der Waals surface area contributed by atoms with Crippen molar-refractivity contribution in [3.05, 3.63) is 78.3 Å². The van der Waals surface area contributed by atoms with Crippen molar-refractivity contribution < 1.29 is 4.79 Å². The van der Waals surface area contributed by atoms with E-state index in [0.717, 1.165) is 47.7 Å². The molecule has 0 bridgehead atoms. The van der Waals surface area contributed by atoms with Gasteiger partial charge in [-0.1, -0.05) is 38.0 Å². The Kier molecular flexibility index (Phi) is 5.88. The number of pyridine rings is 1. The van der Waals surface area contributed by atoms with Crippen molar-refractivity contribution >= 4 is 11.7 Å². The van der Waals surface area contributed by atoms with E-state index >= 15 is 0 Å². The van der Waals surface area contributed by atoms with Crippen LogP contribution in [0.1, 0.15) is 66.8 Å². The molecule has 9 heteroatoms. The van der Waals surface area contributed by atoms with Crippen molar-refractivity contribution in [2.45, 2.75) is 57.7 Å². The highest BCUT2D eigenvalue weighted by atomic mass is 16.1. The molecule has 2 aliphatic rings. The fourth-order valence-corrected chi connectivity index (χ4v) is 5.43. The molecule has 6 rings (SSSR count). The first-order valence-corrected chi connectivity index (χ1v) is 12.6. The number of nitrogens with zero attached hydrogens (tertiary/aromatic N) is 7. The minimum atomic E-state index is -0.130. The van der Waals surface area contributed by atoms with Gasteiger partial charge in [-0.2, -0.15) is 0 Å². The quantitative estimate of drug-likeness (QED) is 0.440. The normalized spacial score (nSPS) is 17.0. The molecule has 1 aromatic carbocycles. The number of nitrogens with one attached hydrogen (secondary N) is 1. The van der Waals surface area contributed by atoms with E-state index in [4.69, 9.17) is 9.97 Å². The molecule has 182 valence electrons. The smallest absolute Gasteiger partial charge is 0.251 e. The number of hydrogen-bond donors (Lipinski definition) is 1. The Bertz CT molecular complexity index is 1380. The molecule has 1 amide bonds. The van der Waals surface area contributed by atoms with E-state index < -0.39 is 0 Å². The second-order valence-electron chi connectivity index (χ2n) is 9.31. The van der Waals surface area contributed by atoms with Gasteiger partial charge in [0.25, 0.3) is 5.91 Å². The Morgan fingerprint density at radius 1 is 1.11 bits per heavy atom. The van der Waals surface area contributed by atoms with Gasteiger partial charge in [-0.3, -0.25) is 14.3 Å². The maximum absolute atomic E-state index is 12.6. The van der Waals surface area contributed by atoms with E-state index in [1.165, 1.54) is 12.8 Å². The van der Waals surface area contributed by atoms with Crippen molar-refractivity contribution in [1.29, 1.82) is 0 Å². The maximum atomic E-state index is 12.6. The van der Waals surface area contributed by atoms with Crippen LogP contribution in [0.3, 0.4) is 0 Å². The zero-order valence-corrected chi connectivity index (χ0v) is 20.2. The standard InChI is InChI=1S/C27H28N8O/c1-2-22-26-33-31-17-34(26)23-16-29-24(32-25(23)35(22)20-10-6-7-11-20)21-12-13-28-14-19(21)15-30-27(36)18-8-4-3-5-9-18/h3-5,8-9,12-14,16-17,20,22H,2,6-7,10-11,15H2,1H3,(H,30,36). The molecule has 4 aromatic rings. The van der Waals surface area contributed by atoms with Gasteiger partial charge in [0, 0.05) is 41.7 Å². The molecule has 1 atom stereocenters. The van der Waals surface area contributed by atoms with E-state index in [2.05, 4.69) is 32.3 Å². The number of aromatic nitrogens is 6. The van der Waals surface area contributed by atoms with E-state index in [0.29, 0.717) is 24.0 Å². The van der Waals surface area contributed by atoms with Crippen LogP contribution in [0.15, 0.2) is 61.3 Å². The summed E-state index contributed by atoms with van der Waals surface area (Å²) in [6.07, 6.45) is 12.8. The highest BCUT2D eigenvalue weighted by Gasteiger charge is 2.38. The van der Waals surface area contributed by atoms with Crippen molar-refractivity contribution in [3.63, 3.8) is 0 Å². The second-order valence-corrected chi connectivity index (χ2v) is 9.31. The molecule has 1 unspecified atom stereocenters. The topological polar surface area (TPSA) is 102 Å². The van der Waals surface area contributed by atoms with E-state index in [9.17, 15) is 4.79 Å². The van der Waals surface area contributed by atoms with Gasteiger partial charge in [0.15, 0.2) is 17.5 Å². The van der Waals surface area contributed by atoms with E-state index in [-0.39, 0.29) is 11.9 Å². The largest absolute Gasteiger partial charge is 0.348 e. The highest BCUT2D eigenvalue weighted by molar-refractivity contribution is 5.94. The van der Waals surface area contributed by atoms with Gasteiger partial charge in [-0.05, 0) is 37.5 Å². The zero-order valence-electron chi connectivity index (χ0n) is 20.2. The van der Waals surface area contributed by atoms with Crippen LogP contribution < -0.4 is 10.2 Å². The Morgan fingerprint density at radius 3 is 2.75 bits per heavy atom. The molecule has 0 spiro atoms. The monoisotopic (exact) mass is 480 g/mol. The first-order valence-electron chi connectivity index (χ1n) is 12.6. The Balaban J connectivity index is 1.37. The minimum Gasteiger partial charge on any atom is -0.348 e. The Hall–Kier alpha value is -4.14. The molecular weight excluding hydrogens is 452 g/mol. The van der Waals surface area contributed by atoms with Crippen molar-refractivity contribution in [1.82, 2.24) is 35.0 Å². The van der Waals surface area contributed by atoms with Crippen LogP contribution in [0, 0.1) is 0 Å². The van der Waals surface area contributed by atoms with Gasteiger partial charge in [-0.15, -0.1) is 10.2 Å². The fourth-order valence-electron chi connectivity index (χ4n) is 5.43. The summed E-state index contributed by atoms with van der Waals surface area (Å²) in [4.78, 5) is 29.2. The van der Waals surface area contributed by atoms with Crippen molar-refractivity contribution in [3.8, 4) is 17.1 Å². The maximum Gasteiger partial charge on any atom is 0.251 e. The summed E-state index contributed by atoms with van der Waals surface area (Å²) in [5.41, 5.74) is 3.25. The number of rotatable bonds is 6. The molecule has 1 aliphatic heterocycles. The number of amides is 1. The Morgan fingerprint density at radius 2 is 1.94 bits per heavy atom. The predicted octanol–water partition coefficient (Wildman–Crippen LogP) is 4.26. The van der Waals surface area contributed by atoms with Crippen LogP contribution in [-0.4, -0.2) is 41.7 Å². The summed E-state index contributed by atoms with van der Waals surface area (Å²) in [6.45, 7) is 2.52. The van der Waals surface area contributed by atoms with Crippen LogP contribution >= 0.6 is 0 Å². The van der Waals surface area contributed by atoms with Crippen LogP contribution in [0.5, 0.6) is 0 Å². The molecule has 9 nitrogen and oxygen atoms in total. The lowest BCUT2D eigenvalue weighted by atomic mass is 10.0. The minimum absolute atomic E-state index is 0.118. The zero-order chi connectivity index (χ0) is 24.5. The molecule has 1 aliphatic carbocycles. The molecule has 1 N–H and O–H groups in total. The molecule has 4 heterocycles. The van der Waals surface area contributed by atoms with Gasteiger partial charge >= 0.3 is 0 Å². The van der Waals surface area contributed by atoms with E-state index in [1.54, 1.807) is 30.9 Å².